The number of ketones is 1. The van der Waals surface area contributed by atoms with E-state index >= 15 is 0 Å². The van der Waals surface area contributed by atoms with Crippen molar-refractivity contribution >= 4 is 5.78 Å². The highest BCUT2D eigenvalue weighted by molar-refractivity contribution is 5.99. The number of carbonyl (C=O) groups excluding carboxylic acids is 1. The average molecular weight is 271 g/mol. The molecule has 0 unspecified atom stereocenters. The molecule has 0 saturated carbocycles. The first-order valence-corrected chi connectivity index (χ1v) is 6.88. The number of nitrogens with zero attached hydrogens (tertiary/aromatic N) is 1. The number of aromatic nitrogens is 1. The first-order chi connectivity index (χ1) is 9.37. The van der Waals surface area contributed by atoms with Gasteiger partial charge in [-0.1, -0.05) is 19.9 Å². The number of aryl methyl sites for hydroxylation is 1. The largest absolute Gasteiger partial charge is 0.317 e. The maximum absolute atomic E-state index is 13.5. The highest BCUT2D eigenvalue weighted by Gasteiger charge is 2.34. The zero-order chi connectivity index (χ0) is 14.5. The number of rotatable bonds is 1. The summed E-state index contributed by atoms with van der Waals surface area (Å²) < 4.78 is 15.5. The normalized spacial score (nSPS) is 17.1. The van der Waals surface area contributed by atoms with E-state index in [-0.39, 0.29) is 17.0 Å². The van der Waals surface area contributed by atoms with Crippen LogP contribution in [-0.2, 0) is 6.42 Å². The summed E-state index contributed by atoms with van der Waals surface area (Å²) in [7, 11) is 0. The van der Waals surface area contributed by atoms with Crippen molar-refractivity contribution in [2.45, 2.75) is 33.6 Å². The summed E-state index contributed by atoms with van der Waals surface area (Å²) in [6.45, 7) is 6.17. The van der Waals surface area contributed by atoms with E-state index in [9.17, 15) is 9.18 Å². The van der Waals surface area contributed by atoms with Crippen molar-refractivity contribution in [2.24, 2.45) is 5.41 Å². The van der Waals surface area contributed by atoms with Gasteiger partial charge in [0.25, 0.3) is 0 Å². The van der Waals surface area contributed by atoms with Gasteiger partial charge in [0.2, 0.25) is 0 Å². The van der Waals surface area contributed by atoms with E-state index in [0.717, 1.165) is 29.1 Å². The Morgan fingerprint density at radius 2 is 1.95 bits per heavy atom. The molecule has 1 aliphatic rings. The van der Waals surface area contributed by atoms with Crippen molar-refractivity contribution in [2.75, 3.05) is 0 Å². The molecule has 0 amide bonds. The molecule has 0 bridgehead atoms. The van der Waals surface area contributed by atoms with Crippen LogP contribution in [-0.4, -0.2) is 10.4 Å². The fourth-order valence-corrected chi connectivity index (χ4v) is 3.13. The minimum Gasteiger partial charge on any atom is -0.317 e. The topological polar surface area (TPSA) is 22.0 Å². The number of benzene rings is 1. The smallest absolute Gasteiger partial charge is 0.165 e. The molecule has 1 aliphatic carbocycles. The summed E-state index contributed by atoms with van der Waals surface area (Å²) in [6.07, 6.45) is 1.41. The van der Waals surface area contributed by atoms with Gasteiger partial charge in [-0.3, -0.25) is 4.79 Å². The van der Waals surface area contributed by atoms with Crippen LogP contribution in [0.15, 0.2) is 30.3 Å². The van der Waals surface area contributed by atoms with Gasteiger partial charge >= 0.3 is 0 Å². The minimum absolute atomic E-state index is 0.0417. The molecule has 0 saturated heterocycles. The third-order valence-corrected chi connectivity index (χ3v) is 3.94. The van der Waals surface area contributed by atoms with E-state index in [1.807, 2.05) is 23.6 Å². The van der Waals surface area contributed by atoms with Crippen molar-refractivity contribution in [3.63, 3.8) is 0 Å². The van der Waals surface area contributed by atoms with Crippen LogP contribution < -0.4 is 0 Å². The van der Waals surface area contributed by atoms with Gasteiger partial charge in [0.15, 0.2) is 5.78 Å². The van der Waals surface area contributed by atoms with Crippen LogP contribution >= 0.6 is 0 Å². The van der Waals surface area contributed by atoms with Crippen molar-refractivity contribution in [1.82, 2.24) is 4.57 Å². The molecule has 104 valence electrons. The lowest BCUT2D eigenvalue weighted by Crippen LogP contribution is -2.27. The van der Waals surface area contributed by atoms with Gasteiger partial charge in [-0.05, 0) is 43.0 Å². The fourth-order valence-electron chi connectivity index (χ4n) is 3.13. The quantitative estimate of drug-likeness (QED) is 0.766. The SMILES string of the molecule is Cc1cc2c(n1-c1cccc(F)c1)CC(C)(C)CC2=O. The fraction of sp³-hybridized carbons (Fsp3) is 0.353. The van der Waals surface area contributed by atoms with Gasteiger partial charge in [-0.2, -0.15) is 0 Å². The van der Waals surface area contributed by atoms with Gasteiger partial charge in [-0.15, -0.1) is 0 Å². The average Bonchev–Trinajstić information content (AvgIpc) is 2.64. The summed E-state index contributed by atoms with van der Waals surface area (Å²) >= 11 is 0. The summed E-state index contributed by atoms with van der Waals surface area (Å²) in [5.74, 6) is -0.0692. The van der Waals surface area contributed by atoms with Gasteiger partial charge in [0.05, 0.1) is 0 Å². The Bertz CT molecular complexity index is 697. The van der Waals surface area contributed by atoms with Crippen molar-refractivity contribution in [1.29, 1.82) is 0 Å². The molecule has 3 heteroatoms. The second-order valence-corrected chi connectivity index (χ2v) is 6.40. The highest BCUT2D eigenvalue weighted by Crippen LogP contribution is 2.37. The van der Waals surface area contributed by atoms with Crippen LogP contribution in [0.5, 0.6) is 0 Å². The molecular formula is C17H18FNO. The molecule has 0 N–H and O–H groups in total. The molecule has 0 spiro atoms. The van der Waals surface area contributed by atoms with Crippen LogP contribution in [0, 0.1) is 18.2 Å². The first kappa shape index (κ1) is 13.1. The van der Waals surface area contributed by atoms with Crippen LogP contribution in [0.2, 0.25) is 0 Å². The second-order valence-electron chi connectivity index (χ2n) is 6.40. The molecule has 2 nitrogen and oxygen atoms in total. The van der Waals surface area contributed by atoms with Gasteiger partial charge in [0.1, 0.15) is 5.82 Å². The van der Waals surface area contributed by atoms with Gasteiger partial charge in [-0.25, -0.2) is 4.39 Å². The molecule has 3 rings (SSSR count). The third-order valence-electron chi connectivity index (χ3n) is 3.94. The number of fused-ring (bicyclic) bond motifs is 1. The predicted octanol–water partition coefficient (Wildman–Crippen LogP) is 4.08. The lowest BCUT2D eigenvalue weighted by molar-refractivity contribution is 0.0911. The number of carbonyl (C=O) groups is 1. The molecule has 2 aromatic rings. The zero-order valence-corrected chi connectivity index (χ0v) is 12.0. The molecule has 1 heterocycles. The zero-order valence-electron chi connectivity index (χ0n) is 12.0. The van der Waals surface area contributed by atoms with E-state index < -0.39 is 0 Å². The Morgan fingerprint density at radius 1 is 1.20 bits per heavy atom. The predicted molar refractivity (Wildman–Crippen MR) is 76.9 cm³/mol. The Labute approximate surface area is 118 Å². The van der Waals surface area contributed by atoms with E-state index in [4.69, 9.17) is 0 Å². The maximum Gasteiger partial charge on any atom is 0.165 e. The van der Waals surface area contributed by atoms with Crippen LogP contribution in [0.4, 0.5) is 4.39 Å². The van der Waals surface area contributed by atoms with E-state index in [0.29, 0.717) is 6.42 Å². The van der Waals surface area contributed by atoms with Crippen molar-refractivity contribution in [3.8, 4) is 5.69 Å². The molecule has 1 aromatic carbocycles. The maximum atomic E-state index is 13.5. The Morgan fingerprint density at radius 3 is 2.65 bits per heavy atom. The number of hydrogen-bond donors (Lipinski definition) is 0. The first-order valence-electron chi connectivity index (χ1n) is 6.88. The monoisotopic (exact) mass is 271 g/mol. The molecule has 0 radical (unpaired) electrons. The summed E-state index contributed by atoms with van der Waals surface area (Å²) in [5, 5.41) is 0. The Hall–Kier alpha value is -1.90. The van der Waals surface area contributed by atoms with E-state index in [1.165, 1.54) is 12.1 Å². The Balaban J connectivity index is 2.21. The lowest BCUT2D eigenvalue weighted by Gasteiger charge is -2.29. The molecule has 1 aromatic heterocycles. The number of halogens is 1. The van der Waals surface area contributed by atoms with E-state index in [2.05, 4.69) is 13.8 Å². The molecular weight excluding hydrogens is 253 g/mol. The number of Topliss-reactive ketones (excluding diaryl/α,β-unsaturated/α-hetero) is 1. The van der Waals surface area contributed by atoms with Gasteiger partial charge in [0, 0.05) is 29.1 Å². The van der Waals surface area contributed by atoms with Crippen LogP contribution in [0.1, 0.15) is 42.0 Å². The van der Waals surface area contributed by atoms with Crippen LogP contribution in [0.25, 0.3) is 5.69 Å². The van der Waals surface area contributed by atoms with E-state index in [1.54, 1.807) is 6.07 Å². The Kier molecular flexibility index (Phi) is 2.82. The minimum atomic E-state index is -0.259. The molecule has 0 atom stereocenters. The standard InChI is InChI=1S/C17H18FNO/c1-11-7-14-15(9-17(2,3)10-16(14)20)19(11)13-6-4-5-12(18)8-13/h4-8H,9-10H2,1-3H3. The lowest BCUT2D eigenvalue weighted by atomic mass is 9.76. The molecule has 0 fully saturated rings. The molecule has 0 aliphatic heterocycles. The number of hydrogen-bond acceptors (Lipinski definition) is 1. The summed E-state index contributed by atoms with van der Waals surface area (Å²) in [6, 6.07) is 8.45. The van der Waals surface area contributed by atoms with Crippen LogP contribution in [0.3, 0.4) is 0 Å². The summed E-state index contributed by atoms with van der Waals surface area (Å²) in [5.41, 5.74) is 3.53. The van der Waals surface area contributed by atoms with Gasteiger partial charge < -0.3 is 4.57 Å². The van der Waals surface area contributed by atoms with Crippen molar-refractivity contribution in [3.05, 3.63) is 53.1 Å². The highest BCUT2D eigenvalue weighted by atomic mass is 19.1. The third kappa shape index (κ3) is 2.07. The molecule has 20 heavy (non-hydrogen) atoms. The second kappa shape index (κ2) is 4.30. The van der Waals surface area contributed by atoms with Crippen molar-refractivity contribution < 1.29 is 9.18 Å². The summed E-state index contributed by atoms with van der Waals surface area (Å²) in [4.78, 5) is 12.3.